The average molecular weight is 407 g/mol. The predicted molar refractivity (Wildman–Crippen MR) is 77.5 cm³/mol. The maximum atomic E-state index is 12.8. The first-order valence-electron chi connectivity index (χ1n) is 7.22. The summed E-state index contributed by atoms with van der Waals surface area (Å²) in [4.78, 5) is 10.1. The molecule has 0 aliphatic heterocycles. The maximum absolute atomic E-state index is 12.8. The quantitative estimate of drug-likeness (QED) is 0.428. The minimum Gasteiger partial charge on any atom is -0.465 e. The molecule has 26 heavy (non-hydrogen) atoms. The summed E-state index contributed by atoms with van der Waals surface area (Å²) in [6.45, 7) is 0.894. The van der Waals surface area contributed by atoms with E-state index in [9.17, 15) is 39.6 Å². The van der Waals surface area contributed by atoms with Crippen LogP contribution < -0.4 is 4.72 Å². The fourth-order valence-electron chi connectivity index (χ4n) is 1.70. The van der Waals surface area contributed by atoms with E-state index in [4.69, 9.17) is 0 Å². The highest BCUT2D eigenvalue weighted by atomic mass is 32.2. The van der Waals surface area contributed by atoms with Gasteiger partial charge in [0.15, 0.2) is 0 Å². The van der Waals surface area contributed by atoms with Crippen LogP contribution in [0.1, 0.15) is 30.9 Å². The number of benzene rings is 1. The van der Waals surface area contributed by atoms with E-state index in [1.54, 1.807) is 4.72 Å². The van der Waals surface area contributed by atoms with Gasteiger partial charge in [0.2, 0.25) is 10.0 Å². The molecule has 0 saturated heterocycles. The molecule has 0 atom stereocenters. The van der Waals surface area contributed by atoms with Crippen molar-refractivity contribution in [1.82, 2.24) is 4.72 Å². The molecule has 0 spiro atoms. The van der Waals surface area contributed by atoms with E-state index in [-0.39, 0.29) is 24.8 Å². The molecule has 0 saturated carbocycles. The number of esters is 1. The monoisotopic (exact) mass is 407 g/mol. The van der Waals surface area contributed by atoms with Gasteiger partial charge in [-0.05, 0) is 24.6 Å². The topological polar surface area (TPSA) is 72.5 Å². The summed E-state index contributed by atoms with van der Waals surface area (Å²) in [7, 11) is -4.80. The van der Waals surface area contributed by atoms with Gasteiger partial charge >= 0.3 is 18.3 Å². The maximum Gasteiger partial charge on any atom is 0.416 e. The molecule has 1 N–H and O–H groups in total. The molecule has 0 heterocycles. The highest BCUT2D eigenvalue weighted by Crippen LogP contribution is 2.37. The second-order valence-corrected chi connectivity index (χ2v) is 6.91. The minimum atomic E-state index is -5.19. The lowest BCUT2D eigenvalue weighted by atomic mass is 10.1. The van der Waals surface area contributed by atoms with Crippen LogP contribution in [-0.4, -0.2) is 27.5 Å². The summed E-state index contributed by atoms with van der Waals surface area (Å²) < 4.78 is 107. The third kappa shape index (κ3) is 6.48. The third-order valence-electron chi connectivity index (χ3n) is 3.04. The zero-order valence-corrected chi connectivity index (χ0v) is 14.2. The number of unbranched alkanes of at least 4 members (excludes halogenated alkanes) is 1. The zero-order chi connectivity index (χ0) is 20.2. The Hall–Kier alpha value is -1.82. The molecule has 1 aromatic carbocycles. The van der Waals surface area contributed by atoms with Gasteiger partial charge in [0.25, 0.3) is 0 Å². The van der Waals surface area contributed by atoms with Crippen LogP contribution in [-0.2, 0) is 31.9 Å². The van der Waals surface area contributed by atoms with Gasteiger partial charge in [0.05, 0.1) is 22.6 Å². The third-order valence-corrected chi connectivity index (χ3v) is 4.42. The molecule has 1 aromatic rings. The van der Waals surface area contributed by atoms with Crippen molar-refractivity contribution in [2.24, 2.45) is 0 Å². The fourth-order valence-corrected chi connectivity index (χ4v) is 2.74. The zero-order valence-electron chi connectivity index (χ0n) is 13.4. The van der Waals surface area contributed by atoms with Gasteiger partial charge in [-0.25, -0.2) is 8.42 Å². The summed E-state index contributed by atoms with van der Waals surface area (Å²) in [6, 6.07) is -0.0853. The second-order valence-electron chi connectivity index (χ2n) is 5.14. The van der Waals surface area contributed by atoms with Crippen LogP contribution in [0, 0.1) is 0 Å². The first-order chi connectivity index (χ1) is 11.8. The molecule has 0 aliphatic carbocycles. The number of carbonyl (C=O) groups is 1. The summed E-state index contributed by atoms with van der Waals surface area (Å²) in [5.74, 6) is -1.01. The van der Waals surface area contributed by atoms with Crippen molar-refractivity contribution in [3.63, 3.8) is 0 Å². The van der Waals surface area contributed by atoms with Crippen molar-refractivity contribution < 1.29 is 44.3 Å². The molecule has 0 fully saturated rings. The van der Waals surface area contributed by atoms with Crippen molar-refractivity contribution >= 4 is 16.0 Å². The van der Waals surface area contributed by atoms with Crippen LogP contribution in [0.5, 0.6) is 0 Å². The number of alkyl halides is 6. The predicted octanol–water partition coefficient (Wildman–Crippen LogP) is 3.35. The van der Waals surface area contributed by atoms with Gasteiger partial charge in [0.1, 0.15) is 6.54 Å². The van der Waals surface area contributed by atoms with Gasteiger partial charge in [-0.1, -0.05) is 13.3 Å². The molecular weight excluding hydrogens is 392 g/mol. The van der Waals surface area contributed by atoms with Gasteiger partial charge in [-0.15, -0.1) is 0 Å². The molecule has 0 aromatic heterocycles. The molecule has 1 rings (SSSR count). The molecule has 5 nitrogen and oxygen atoms in total. The van der Waals surface area contributed by atoms with Gasteiger partial charge in [-0.3, -0.25) is 4.79 Å². The molecule has 148 valence electrons. The largest absolute Gasteiger partial charge is 0.465 e. The summed E-state index contributed by atoms with van der Waals surface area (Å²) >= 11 is 0. The number of hydrogen-bond acceptors (Lipinski definition) is 4. The van der Waals surface area contributed by atoms with E-state index < -0.39 is 50.9 Å². The summed E-state index contributed by atoms with van der Waals surface area (Å²) in [6.07, 6.45) is -9.17. The van der Waals surface area contributed by atoms with Crippen molar-refractivity contribution in [3.8, 4) is 0 Å². The first-order valence-corrected chi connectivity index (χ1v) is 8.70. The Morgan fingerprint density at radius 3 is 1.96 bits per heavy atom. The fraction of sp³-hybridized carbons (Fsp3) is 0.500. The SMILES string of the molecule is CCCCOC(=O)CNS(=O)(=O)c1cc(C(F)(F)F)cc(C(F)(F)F)c1. The first kappa shape index (κ1) is 22.2. The number of nitrogens with one attached hydrogen (secondary N) is 1. The number of rotatable bonds is 7. The molecule has 0 amide bonds. The molecule has 0 bridgehead atoms. The Kier molecular flexibility index (Phi) is 7.05. The van der Waals surface area contributed by atoms with Gasteiger partial charge in [0, 0.05) is 0 Å². The van der Waals surface area contributed by atoms with E-state index in [1.165, 1.54) is 0 Å². The number of carbonyl (C=O) groups excluding carboxylic acids is 1. The van der Waals surface area contributed by atoms with Crippen molar-refractivity contribution in [2.75, 3.05) is 13.2 Å². The normalized spacial score (nSPS) is 12.9. The van der Waals surface area contributed by atoms with E-state index in [0.29, 0.717) is 12.8 Å². The molecule has 12 heteroatoms. The lowest BCUT2D eigenvalue weighted by Gasteiger charge is -2.14. The van der Waals surface area contributed by atoms with Gasteiger partial charge < -0.3 is 4.74 Å². The average Bonchev–Trinajstić information content (AvgIpc) is 2.51. The lowest BCUT2D eigenvalue weighted by molar-refractivity contribution is -0.144. The van der Waals surface area contributed by atoms with Crippen LogP contribution in [0.15, 0.2) is 23.1 Å². The van der Waals surface area contributed by atoms with Crippen LogP contribution in [0.4, 0.5) is 26.3 Å². The van der Waals surface area contributed by atoms with Crippen LogP contribution >= 0.6 is 0 Å². The van der Waals surface area contributed by atoms with Crippen molar-refractivity contribution in [1.29, 1.82) is 0 Å². The van der Waals surface area contributed by atoms with Crippen molar-refractivity contribution in [3.05, 3.63) is 29.3 Å². The molecule has 0 aliphatic rings. The Morgan fingerprint density at radius 2 is 1.54 bits per heavy atom. The number of halogens is 6. The van der Waals surface area contributed by atoms with Crippen LogP contribution in [0.2, 0.25) is 0 Å². The summed E-state index contributed by atoms with van der Waals surface area (Å²) in [5.41, 5.74) is -3.56. The number of hydrogen-bond donors (Lipinski definition) is 1. The van der Waals surface area contributed by atoms with E-state index >= 15 is 0 Å². The van der Waals surface area contributed by atoms with Crippen molar-refractivity contribution in [2.45, 2.75) is 37.0 Å². The van der Waals surface area contributed by atoms with Gasteiger partial charge in [-0.2, -0.15) is 31.1 Å². The lowest BCUT2D eigenvalue weighted by Crippen LogP contribution is -2.31. The smallest absolute Gasteiger partial charge is 0.416 e. The van der Waals surface area contributed by atoms with Crippen LogP contribution in [0.25, 0.3) is 0 Å². The number of sulfonamides is 1. The highest BCUT2D eigenvalue weighted by Gasteiger charge is 2.38. The molecule has 0 unspecified atom stereocenters. The summed E-state index contributed by atoms with van der Waals surface area (Å²) in [5, 5.41) is 0. The van der Waals surface area contributed by atoms with Crippen LogP contribution in [0.3, 0.4) is 0 Å². The number of ether oxygens (including phenoxy) is 1. The van der Waals surface area contributed by atoms with E-state index in [0.717, 1.165) is 0 Å². The Morgan fingerprint density at radius 1 is 1.04 bits per heavy atom. The Bertz CT molecular complexity index is 711. The Labute approximate surface area is 145 Å². The second kappa shape index (κ2) is 8.25. The standard InChI is InChI=1S/C14H15F6NO4S/c1-2-3-4-25-12(22)8-21-26(23,24)11-6-9(13(15,16)17)5-10(7-11)14(18,19)20/h5-7,21H,2-4,8H2,1H3. The molecule has 0 radical (unpaired) electrons. The Balaban J connectivity index is 3.09. The molecular formula is C14H15F6NO4S. The highest BCUT2D eigenvalue weighted by molar-refractivity contribution is 7.89. The van der Waals surface area contributed by atoms with E-state index in [2.05, 4.69) is 4.74 Å². The minimum absolute atomic E-state index is 0.0127. The van der Waals surface area contributed by atoms with E-state index in [1.807, 2.05) is 6.92 Å².